The molecular formula is C19H15ClN4O2. The van der Waals surface area contributed by atoms with Crippen LogP contribution in [0.25, 0.3) is 27.5 Å². The number of aromatic nitrogens is 3. The van der Waals surface area contributed by atoms with Crippen LogP contribution in [-0.4, -0.2) is 28.3 Å². The first kappa shape index (κ1) is 16.4. The van der Waals surface area contributed by atoms with Crippen LogP contribution in [0, 0.1) is 0 Å². The van der Waals surface area contributed by atoms with Crippen molar-refractivity contribution in [1.82, 2.24) is 14.2 Å². The molecule has 0 radical (unpaired) electrons. The summed E-state index contributed by atoms with van der Waals surface area (Å²) in [7, 11) is 3.55. The van der Waals surface area contributed by atoms with E-state index < -0.39 is 0 Å². The molecule has 0 bridgehead atoms. The molecule has 26 heavy (non-hydrogen) atoms. The van der Waals surface area contributed by atoms with E-state index in [0.29, 0.717) is 32.5 Å². The second kappa shape index (κ2) is 6.00. The number of hydrogen-bond acceptors (Lipinski definition) is 4. The van der Waals surface area contributed by atoms with Gasteiger partial charge in [-0.25, -0.2) is 9.66 Å². The van der Waals surface area contributed by atoms with Crippen LogP contribution in [0.15, 0.2) is 64.4 Å². The molecule has 0 spiro atoms. The Morgan fingerprint density at radius 3 is 2.15 bits per heavy atom. The molecule has 4 rings (SSSR count). The third-order valence-corrected chi connectivity index (χ3v) is 4.51. The summed E-state index contributed by atoms with van der Waals surface area (Å²) >= 11 is 5.92. The third-order valence-electron chi connectivity index (χ3n) is 4.26. The van der Waals surface area contributed by atoms with Crippen LogP contribution in [0.5, 0.6) is 0 Å². The van der Waals surface area contributed by atoms with Gasteiger partial charge in [0.25, 0.3) is 11.1 Å². The molecule has 0 amide bonds. The molecule has 3 heterocycles. The Kier molecular flexibility index (Phi) is 3.77. The summed E-state index contributed by atoms with van der Waals surface area (Å²) in [5.74, 6) is 0. The normalized spacial score (nSPS) is 11.2. The Morgan fingerprint density at radius 2 is 1.50 bits per heavy atom. The smallest absolute Gasteiger partial charge is 0.278 e. The predicted molar refractivity (Wildman–Crippen MR) is 104 cm³/mol. The summed E-state index contributed by atoms with van der Waals surface area (Å²) in [6.45, 7) is 0. The van der Waals surface area contributed by atoms with Gasteiger partial charge in [-0.3, -0.25) is 14.2 Å². The maximum absolute atomic E-state index is 13.0. The van der Waals surface area contributed by atoms with Gasteiger partial charge in [-0.1, -0.05) is 11.6 Å². The highest BCUT2D eigenvalue weighted by atomic mass is 35.5. The Labute approximate surface area is 153 Å². The molecule has 6 nitrogen and oxygen atoms in total. The van der Waals surface area contributed by atoms with E-state index in [4.69, 9.17) is 11.6 Å². The summed E-state index contributed by atoms with van der Waals surface area (Å²) in [4.78, 5) is 30.1. The van der Waals surface area contributed by atoms with Crippen molar-refractivity contribution in [2.75, 3.05) is 19.1 Å². The molecule has 0 aliphatic rings. The van der Waals surface area contributed by atoms with E-state index in [-0.39, 0.29) is 11.1 Å². The second-order valence-electron chi connectivity index (χ2n) is 6.13. The summed E-state index contributed by atoms with van der Waals surface area (Å²) < 4.78 is 2.98. The average molecular weight is 367 g/mol. The van der Waals surface area contributed by atoms with Crippen LogP contribution in [0.2, 0.25) is 5.02 Å². The van der Waals surface area contributed by atoms with Gasteiger partial charge in [0.15, 0.2) is 0 Å². The molecule has 0 aliphatic carbocycles. The zero-order valence-corrected chi connectivity index (χ0v) is 14.9. The van der Waals surface area contributed by atoms with Crippen LogP contribution < -0.4 is 16.1 Å². The van der Waals surface area contributed by atoms with Crippen LogP contribution in [0.1, 0.15) is 0 Å². The third kappa shape index (κ3) is 2.55. The highest BCUT2D eigenvalue weighted by molar-refractivity contribution is 6.30. The number of fused-ring (bicyclic) bond motifs is 2. The summed E-state index contributed by atoms with van der Waals surface area (Å²) in [5.41, 5.74) is 1.35. The van der Waals surface area contributed by atoms with Gasteiger partial charge >= 0.3 is 0 Å². The largest absolute Gasteiger partial charge is 0.316 e. The Bertz CT molecular complexity index is 1260. The van der Waals surface area contributed by atoms with Gasteiger partial charge in [0.2, 0.25) is 0 Å². The van der Waals surface area contributed by atoms with Crippen LogP contribution in [0.4, 0.5) is 0 Å². The van der Waals surface area contributed by atoms with Crippen molar-refractivity contribution in [1.29, 1.82) is 0 Å². The van der Waals surface area contributed by atoms with Gasteiger partial charge in [0.1, 0.15) is 0 Å². The molecule has 3 aromatic heterocycles. The molecule has 130 valence electrons. The maximum Gasteiger partial charge on any atom is 0.278 e. The molecule has 0 atom stereocenters. The standard InChI is InChI=1S/C19H15ClN4O2/c1-22(2)24-10-8-17-15(19(24)26)11-14-16(21-17)7-9-23(18(14)25)13-5-3-12(20)4-6-13/h3-11H,1-2H3. The van der Waals surface area contributed by atoms with Crippen LogP contribution in [-0.2, 0) is 0 Å². The minimum absolute atomic E-state index is 0.219. The maximum atomic E-state index is 13.0. The summed E-state index contributed by atoms with van der Waals surface area (Å²) in [6.07, 6.45) is 3.34. The van der Waals surface area contributed by atoms with Crippen molar-refractivity contribution in [2.24, 2.45) is 0 Å². The molecule has 0 saturated heterocycles. The van der Waals surface area contributed by atoms with Crippen molar-refractivity contribution in [3.8, 4) is 5.69 Å². The average Bonchev–Trinajstić information content (AvgIpc) is 2.62. The van der Waals surface area contributed by atoms with Crippen LogP contribution in [0.3, 0.4) is 0 Å². The number of rotatable bonds is 2. The molecule has 0 N–H and O–H groups in total. The first-order valence-electron chi connectivity index (χ1n) is 7.97. The van der Waals surface area contributed by atoms with Gasteiger partial charge in [-0.2, -0.15) is 0 Å². The van der Waals surface area contributed by atoms with E-state index in [0.717, 1.165) is 0 Å². The van der Waals surface area contributed by atoms with E-state index in [1.165, 1.54) is 9.24 Å². The number of nitrogens with zero attached hydrogens (tertiary/aromatic N) is 4. The van der Waals surface area contributed by atoms with E-state index in [1.807, 2.05) is 0 Å². The summed E-state index contributed by atoms with van der Waals surface area (Å²) in [6, 6.07) is 12.1. The highest BCUT2D eigenvalue weighted by Gasteiger charge is 2.11. The molecular weight excluding hydrogens is 352 g/mol. The molecule has 0 fully saturated rings. The Morgan fingerprint density at radius 1 is 0.885 bits per heavy atom. The van der Waals surface area contributed by atoms with Crippen molar-refractivity contribution in [2.45, 2.75) is 0 Å². The lowest BCUT2D eigenvalue weighted by molar-refractivity contribution is 0.706. The second-order valence-corrected chi connectivity index (χ2v) is 6.57. The van der Waals surface area contributed by atoms with Crippen molar-refractivity contribution < 1.29 is 0 Å². The lowest BCUT2D eigenvalue weighted by Gasteiger charge is -2.16. The molecule has 0 aliphatic heterocycles. The molecule has 0 unspecified atom stereocenters. The monoisotopic (exact) mass is 366 g/mol. The van der Waals surface area contributed by atoms with Gasteiger partial charge < -0.3 is 5.01 Å². The fourth-order valence-electron chi connectivity index (χ4n) is 2.93. The number of benzene rings is 1. The topological polar surface area (TPSA) is 60.1 Å². The van der Waals surface area contributed by atoms with E-state index in [2.05, 4.69) is 4.98 Å². The number of halogens is 1. The highest BCUT2D eigenvalue weighted by Crippen LogP contribution is 2.17. The zero-order valence-electron chi connectivity index (χ0n) is 14.2. The van der Waals surface area contributed by atoms with Crippen molar-refractivity contribution >= 4 is 33.4 Å². The number of hydrogen-bond donors (Lipinski definition) is 0. The lowest BCUT2D eigenvalue weighted by Crippen LogP contribution is -2.35. The minimum Gasteiger partial charge on any atom is -0.316 e. The predicted octanol–water partition coefficient (Wildman–Crippen LogP) is 2.55. The minimum atomic E-state index is -0.237. The van der Waals surface area contributed by atoms with Crippen LogP contribution >= 0.6 is 11.6 Å². The van der Waals surface area contributed by atoms with Gasteiger partial charge in [-0.05, 0) is 42.5 Å². The SMILES string of the molecule is CN(C)n1ccc2nc3ccn(-c4ccc(Cl)cc4)c(=O)c3cc2c1=O. The zero-order chi connectivity index (χ0) is 18.4. The molecule has 4 aromatic rings. The molecule has 1 aromatic carbocycles. The first-order valence-corrected chi connectivity index (χ1v) is 8.35. The van der Waals surface area contributed by atoms with E-state index in [9.17, 15) is 9.59 Å². The van der Waals surface area contributed by atoms with E-state index in [1.54, 1.807) is 74.0 Å². The lowest BCUT2D eigenvalue weighted by atomic mass is 10.2. The Balaban J connectivity index is 2.03. The van der Waals surface area contributed by atoms with Gasteiger partial charge in [0, 0.05) is 37.2 Å². The van der Waals surface area contributed by atoms with Crippen molar-refractivity contribution in [3.05, 3.63) is 80.6 Å². The quantitative estimate of drug-likeness (QED) is 0.511. The fourth-order valence-corrected chi connectivity index (χ4v) is 3.06. The molecule has 0 saturated carbocycles. The van der Waals surface area contributed by atoms with Gasteiger partial charge in [0.05, 0.1) is 21.8 Å². The Hall–Kier alpha value is -3.12. The van der Waals surface area contributed by atoms with Gasteiger partial charge in [-0.15, -0.1) is 0 Å². The first-order chi connectivity index (χ1) is 12.5. The van der Waals surface area contributed by atoms with Crippen molar-refractivity contribution in [3.63, 3.8) is 0 Å². The number of pyridine rings is 3. The summed E-state index contributed by atoms with van der Waals surface area (Å²) in [5, 5.41) is 3.06. The molecule has 7 heteroatoms. The fraction of sp³-hybridized carbons (Fsp3) is 0.105. The van der Waals surface area contributed by atoms with E-state index >= 15 is 0 Å².